The summed E-state index contributed by atoms with van der Waals surface area (Å²) in [6.07, 6.45) is 1.80. The first-order chi connectivity index (χ1) is 8.00. The van der Waals surface area contributed by atoms with Crippen LogP contribution in [-0.4, -0.2) is 17.8 Å². The number of hydrogen-bond acceptors (Lipinski definition) is 1. The number of carbonyl (C=O) groups excluding carboxylic acids is 1. The molecule has 1 rings (SSSR count). The third-order valence-electron chi connectivity index (χ3n) is 2.24. The quantitative estimate of drug-likeness (QED) is 0.594. The third kappa shape index (κ3) is 5.40. The fourth-order valence-electron chi connectivity index (χ4n) is 1.35. The number of rotatable bonds is 5. The zero-order chi connectivity index (χ0) is 12.8. The summed E-state index contributed by atoms with van der Waals surface area (Å²) in [7, 11) is 0. The van der Waals surface area contributed by atoms with Gasteiger partial charge in [-0.15, -0.1) is 11.6 Å². The van der Waals surface area contributed by atoms with Crippen LogP contribution in [-0.2, 0) is 0 Å². The van der Waals surface area contributed by atoms with Gasteiger partial charge in [0.15, 0.2) is 0 Å². The van der Waals surface area contributed by atoms with Crippen molar-refractivity contribution >= 4 is 49.4 Å². The average molecular weight is 384 g/mol. The lowest BCUT2D eigenvalue weighted by molar-refractivity contribution is 0.0952. The fraction of sp³-hybridized carbons (Fsp3) is 0.417. The number of alkyl halides is 1. The highest BCUT2D eigenvalue weighted by Gasteiger charge is 2.09. The van der Waals surface area contributed by atoms with Crippen LogP contribution in [0.15, 0.2) is 27.1 Å². The molecule has 0 aliphatic heterocycles. The number of nitrogens with one attached hydrogen (secondary N) is 1. The smallest absolute Gasteiger partial charge is 0.252 e. The first-order valence-electron chi connectivity index (χ1n) is 5.38. The van der Waals surface area contributed by atoms with Gasteiger partial charge in [-0.05, 0) is 53.9 Å². The highest BCUT2D eigenvalue weighted by Crippen LogP contribution is 2.21. The molecule has 5 heteroatoms. The maximum absolute atomic E-state index is 11.9. The van der Waals surface area contributed by atoms with E-state index in [0.717, 1.165) is 21.8 Å². The van der Waals surface area contributed by atoms with Gasteiger partial charge in [0.2, 0.25) is 0 Å². The molecule has 0 aromatic heterocycles. The molecule has 1 aromatic rings. The summed E-state index contributed by atoms with van der Waals surface area (Å²) in [6, 6.07) is 5.53. The zero-order valence-corrected chi connectivity index (χ0v) is 13.4. The molecule has 1 amide bonds. The second-order valence-corrected chi connectivity index (χ2v) is 6.32. The van der Waals surface area contributed by atoms with Gasteiger partial charge in [0.05, 0.1) is 5.56 Å². The van der Waals surface area contributed by atoms with Gasteiger partial charge in [-0.25, -0.2) is 0 Å². The average Bonchev–Trinajstić information content (AvgIpc) is 2.27. The maximum atomic E-state index is 11.9. The van der Waals surface area contributed by atoms with Crippen molar-refractivity contribution in [3.05, 3.63) is 32.7 Å². The molecule has 1 aromatic carbocycles. The van der Waals surface area contributed by atoms with E-state index >= 15 is 0 Å². The molecule has 0 spiro atoms. The monoisotopic (exact) mass is 381 g/mol. The Morgan fingerprint density at radius 3 is 2.82 bits per heavy atom. The molecule has 2 nitrogen and oxygen atoms in total. The van der Waals surface area contributed by atoms with Crippen LogP contribution in [0.4, 0.5) is 0 Å². The van der Waals surface area contributed by atoms with Crippen LogP contribution < -0.4 is 5.32 Å². The Hall–Kier alpha value is -0.0600. The lowest BCUT2D eigenvalue weighted by Crippen LogP contribution is -2.25. The van der Waals surface area contributed by atoms with E-state index in [9.17, 15) is 4.79 Å². The number of amides is 1. The zero-order valence-electron chi connectivity index (χ0n) is 9.47. The van der Waals surface area contributed by atoms with E-state index < -0.39 is 0 Å². The lowest BCUT2D eigenvalue weighted by Gasteiger charge is -2.08. The molecule has 0 saturated heterocycles. The Balaban J connectivity index is 2.49. The lowest BCUT2D eigenvalue weighted by atomic mass is 10.2. The van der Waals surface area contributed by atoms with Crippen LogP contribution in [0.5, 0.6) is 0 Å². The van der Waals surface area contributed by atoms with Gasteiger partial charge in [-0.2, -0.15) is 0 Å². The predicted octanol–water partition coefficient (Wildman–Crippen LogP) is 4.35. The van der Waals surface area contributed by atoms with Crippen molar-refractivity contribution in [2.45, 2.75) is 25.1 Å². The molecule has 0 radical (unpaired) electrons. The Kier molecular flexibility index (Phi) is 6.52. The topological polar surface area (TPSA) is 29.1 Å². The predicted molar refractivity (Wildman–Crippen MR) is 78.7 cm³/mol. The van der Waals surface area contributed by atoms with Crippen LogP contribution in [0.25, 0.3) is 0 Å². The molecule has 1 N–H and O–H groups in total. The second-order valence-electron chi connectivity index (χ2n) is 3.80. The number of hydrogen-bond donors (Lipinski definition) is 1. The van der Waals surface area contributed by atoms with Gasteiger partial charge >= 0.3 is 0 Å². The second kappa shape index (κ2) is 7.39. The molecule has 0 aliphatic carbocycles. The van der Waals surface area contributed by atoms with E-state index in [0.29, 0.717) is 12.1 Å². The molecule has 0 bridgehead atoms. The summed E-state index contributed by atoms with van der Waals surface area (Å²) in [4.78, 5) is 11.9. The third-order valence-corrected chi connectivity index (χ3v) is 3.64. The minimum absolute atomic E-state index is 0.0691. The molecule has 1 atom stereocenters. The van der Waals surface area contributed by atoms with Crippen molar-refractivity contribution in [3.63, 3.8) is 0 Å². The summed E-state index contributed by atoms with van der Waals surface area (Å²) in [5.74, 6) is -0.0691. The minimum Gasteiger partial charge on any atom is -0.352 e. The molecule has 0 saturated carbocycles. The van der Waals surface area contributed by atoms with Gasteiger partial charge in [0.1, 0.15) is 0 Å². The first-order valence-corrected chi connectivity index (χ1v) is 7.40. The number of carbonyl (C=O) groups is 1. The SMILES string of the molecule is CC(Cl)CCCNC(=O)c1cc(Br)ccc1Br. The Morgan fingerprint density at radius 2 is 2.18 bits per heavy atom. The van der Waals surface area contributed by atoms with E-state index in [2.05, 4.69) is 37.2 Å². The van der Waals surface area contributed by atoms with E-state index in [1.54, 1.807) is 6.07 Å². The summed E-state index contributed by atoms with van der Waals surface area (Å²) in [5, 5.41) is 3.03. The van der Waals surface area contributed by atoms with Crippen molar-refractivity contribution in [2.75, 3.05) is 6.54 Å². The highest BCUT2D eigenvalue weighted by atomic mass is 79.9. The van der Waals surface area contributed by atoms with E-state index in [-0.39, 0.29) is 11.3 Å². The molecule has 17 heavy (non-hydrogen) atoms. The largest absolute Gasteiger partial charge is 0.352 e. The van der Waals surface area contributed by atoms with Gasteiger partial charge in [-0.3, -0.25) is 4.79 Å². The highest BCUT2D eigenvalue weighted by molar-refractivity contribution is 9.11. The van der Waals surface area contributed by atoms with Crippen LogP contribution in [0.1, 0.15) is 30.1 Å². The molecule has 0 fully saturated rings. The molecule has 1 unspecified atom stereocenters. The Morgan fingerprint density at radius 1 is 1.47 bits per heavy atom. The molecular weight excluding hydrogens is 369 g/mol. The van der Waals surface area contributed by atoms with Crippen molar-refractivity contribution in [3.8, 4) is 0 Å². The van der Waals surface area contributed by atoms with Crippen molar-refractivity contribution in [1.29, 1.82) is 0 Å². The first kappa shape index (κ1) is 15.0. The normalized spacial score (nSPS) is 12.2. The van der Waals surface area contributed by atoms with E-state index in [4.69, 9.17) is 11.6 Å². The molecular formula is C12H14Br2ClNO. The summed E-state index contributed by atoms with van der Waals surface area (Å²) < 4.78 is 1.68. The van der Waals surface area contributed by atoms with Gasteiger partial charge in [0, 0.05) is 20.9 Å². The van der Waals surface area contributed by atoms with Gasteiger partial charge < -0.3 is 5.32 Å². The summed E-state index contributed by atoms with van der Waals surface area (Å²) >= 11 is 12.5. The summed E-state index contributed by atoms with van der Waals surface area (Å²) in [6.45, 7) is 2.60. The van der Waals surface area contributed by atoms with Gasteiger partial charge in [0.25, 0.3) is 5.91 Å². The van der Waals surface area contributed by atoms with E-state index in [1.807, 2.05) is 19.1 Å². The van der Waals surface area contributed by atoms with Crippen molar-refractivity contribution in [2.24, 2.45) is 0 Å². The van der Waals surface area contributed by atoms with Gasteiger partial charge in [-0.1, -0.05) is 15.9 Å². The molecule has 94 valence electrons. The molecule has 0 aliphatic rings. The number of benzene rings is 1. The van der Waals surface area contributed by atoms with Crippen LogP contribution >= 0.6 is 43.5 Å². The van der Waals surface area contributed by atoms with Crippen molar-refractivity contribution in [1.82, 2.24) is 5.32 Å². The minimum atomic E-state index is -0.0691. The van der Waals surface area contributed by atoms with Crippen molar-refractivity contribution < 1.29 is 4.79 Å². The van der Waals surface area contributed by atoms with Crippen LogP contribution in [0.3, 0.4) is 0 Å². The molecule has 0 heterocycles. The number of halogens is 3. The standard InChI is InChI=1S/C12H14Br2ClNO/c1-8(15)3-2-6-16-12(17)10-7-9(13)4-5-11(10)14/h4-5,7-8H,2-3,6H2,1H3,(H,16,17). The Bertz CT molecular complexity index is 396. The van der Waals surface area contributed by atoms with Crippen LogP contribution in [0.2, 0.25) is 0 Å². The Labute approximate surface area is 123 Å². The maximum Gasteiger partial charge on any atom is 0.252 e. The van der Waals surface area contributed by atoms with Crippen LogP contribution in [0, 0.1) is 0 Å². The van der Waals surface area contributed by atoms with E-state index in [1.165, 1.54) is 0 Å². The summed E-state index contributed by atoms with van der Waals surface area (Å²) in [5.41, 5.74) is 0.637. The fourth-order valence-corrected chi connectivity index (χ4v) is 2.29.